The van der Waals surface area contributed by atoms with E-state index in [0.717, 1.165) is 42.4 Å². The molecule has 3 heterocycles. The van der Waals surface area contributed by atoms with E-state index in [4.69, 9.17) is 4.74 Å². The van der Waals surface area contributed by atoms with Gasteiger partial charge in [0.05, 0.1) is 11.0 Å². The van der Waals surface area contributed by atoms with E-state index in [1.165, 1.54) is 0 Å². The number of rotatable bonds is 4. The SMILES string of the molecule is Cn1ccnc1[C@@H]1OCC[C@H]1CNc1nc2ccccc2n1C. The van der Waals surface area contributed by atoms with Gasteiger partial charge >= 0.3 is 0 Å². The Hall–Kier alpha value is -2.34. The van der Waals surface area contributed by atoms with Crippen molar-refractivity contribution in [3.8, 4) is 0 Å². The van der Waals surface area contributed by atoms with Crippen LogP contribution < -0.4 is 5.32 Å². The Bertz CT molecular complexity index is 821. The predicted molar refractivity (Wildman–Crippen MR) is 89.2 cm³/mol. The van der Waals surface area contributed by atoms with Gasteiger partial charge in [-0.3, -0.25) is 0 Å². The van der Waals surface area contributed by atoms with Crippen molar-refractivity contribution < 1.29 is 4.74 Å². The number of nitrogens with one attached hydrogen (secondary N) is 1. The minimum absolute atomic E-state index is 0.0529. The molecule has 2 aromatic heterocycles. The number of hydrogen-bond donors (Lipinski definition) is 1. The summed E-state index contributed by atoms with van der Waals surface area (Å²) in [5.41, 5.74) is 2.15. The van der Waals surface area contributed by atoms with Crippen molar-refractivity contribution in [2.24, 2.45) is 20.0 Å². The van der Waals surface area contributed by atoms with Crippen molar-refractivity contribution in [1.82, 2.24) is 19.1 Å². The smallest absolute Gasteiger partial charge is 0.203 e. The van der Waals surface area contributed by atoms with E-state index in [1.807, 2.05) is 49.3 Å². The van der Waals surface area contributed by atoms with Crippen molar-refractivity contribution in [1.29, 1.82) is 0 Å². The highest BCUT2D eigenvalue weighted by molar-refractivity contribution is 5.78. The van der Waals surface area contributed by atoms with E-state index in [0.29, 0.717) is 5.92 Å². The predicted octanol–water partition coefficient (Wildman–Crippen LogP) is 2.50. The molecule has 0 saturated carbocycles. The summed E-state index contributed by atoms with van der Waals surface area (Å²) in [6.45, 7) is 1.61. The third kappa shape index (κ3) is 2.49. The Labute approximate surface area is 135 Å². The molecule has 0 amide bonds. The average Bonchev–Trinajstić information content (AvgIpc) is 3.25. The molecule has 0 aliphatic carbocycles. The second kappa shape index (κ2) is 5.70. The summed E-state index contributed by atoms with van der Waals surface area (Å²) < 4.78 is 10.1. The number of anilines is 1. The Morgan fingerprint density at radius 1 is 1.30 bits per heavy atom. The van der Waals surface area contributed by atoms with Crippen molar-refractivity contribution >= 4 is 17.0 Å². The molecule has 1 saturated heterocycles. The van der Waals surface area contributed by atoms with Gasteiger partial charge in [-0.2, -0.15) is 0 Å². The van der Waals surface area contributed by atoms with E-state index in [9.17, 15) is 0 Å². The van der Waals surface area contributed by atoms with Gasteiger partial charge in [0, 0.05) is 45.6 Å². The fraction of sp³-hybridized carbons (Fsp3) is 0.412. The fourth-order valence-corrected chi connectivity index (χ4v) is 3.31. The highest BCUT2D eigenvalue weighted by Crippen LogP contribution is 2.33. The molecule has 0 radical (unpaired) electrons. The minimum atomic E-state index is 0.0529. The first kappa shape index (κ1) is 14.3. The summed E-state index contributed by atoms with van der Waals surface area (Å²) in [5, 5.41) is 3.49. The van der Waals surface area contributed by atoms with Gasteiger partial charge in [0.15, 0.2) is 0 Å². The van der Waals surface area contributed by atoms with Crippen LogP contribution in [0.5, 0.6) is 0 Å². The molecule has 1 aliphatic rings. The zero-order valence-corrected chi connectivity index (χ0v) is 13.4. The Morgan fingerprint density at radius 2 is 2.17 bits per heavy atom. The first-order valence-electron chi connectivity index (χ1n) is 7.98. The summed E-state index contributed by atoms with van der Waals surface area (Å²) >= 11 is 0. The molecule has 0 spiro atoms. The zero-order valence-electron chi connectivity index (χ0n) is 13.4. The van der Waals surface area contributed by atoms with Crippen LogP contribution in [0.2, 0.25) is 0 Å². The average molecular weight is 311 g/mol. The number of aryl methyl sites for hydroxylation is 2. The molecule has 23 heavy (non-hydrogen) atoms. The molecule has 2 atom stereocenters. The number of nitrogens with zero attached hydrogens (tertiary/aromatic N) is 4. The van der Waals surface area contributed by atoms with Crippen LogP contribution in [0.15, 0.2) is 36.7 Å². The highest BCUT2D eigenvalue weighted by atomic mass is 16.5. The summed E-state index contributed by atoms with van der Waals surface area (Å²) in [7, 11) is 4.05. The molecule has 3 aromatic rings. The van der Waals surface area contributed by atoms with E-state index < -0.39 is 0 Å². The maximum atomic E-state index is 5.92. The van der Waals surface area contributed by atoms with Crippen molar-refractivity contribution in [2.45, 2.75) is 12.5 Å². The first-order valence-corrected chi connectivity index (χ1v) is 7.98. The van der Waals surface area contributed by atoms with Crippen LogP contribution in [-0.2, 0) is 18.8 Å². The van der Waals surface area contributed by atoms with Gasteiger partial charge < -0.3 is 19.2 Å². The van der Waals surface area contributed by atoms with Crippen molar-refractivity contribution in [3.63, 3.8) is 0 Å². The lowest BCUT2D eigenvalue weighted by molar-refractivity contribution is 0.0839. The lowest BCUT2D eigenvalue weighted by Crippen LogP contribution is -2.21. The second-order valence-corrected chi connectivity index (χ2v) is 6.10. The molecular weight excluding hydrogens is 290 g/mol. The summed E-state index contributed by atoms with van der Waals surface area (Å²) in [5.74, 6) is 2.30. The van der Waals surface area contributed by atoms with Gasteiger partial charge in [-0.25, -0.2) is 9.97 Å². The molecule has 0 bridgehead atoms. The maximum absolute atomic E-state index is 5.92. The Morgan fingerprint density at radius 3 is 2.96 bits per heavy atom. The summed E-state index contributed by atoms with van der Waals surface area (Å²) in [4.78, 5) is 9.11. The van der Waals surface area contributed by atoms with Gasteiger partial charge in [0.25, 0.3) is 0 Å². The van der Waals surface area contributed by atoms with Crippen LogP contribution in [-0.4, -0.2) is 32.3 Å². The monoisotopic (exact) mass is 311 g/mol. The molecule has 1 aliphatic heterocycles. The van der Waals surface area contributed by atoms with Crippen molar-refractivity contribution in [2.75, 3.05) is 18.5 Å². The number of fused-ring (bicyclic) bond motifs is 1. The number of imidazole rings is 2. The second-order valence-electron chi connectivity index (χ2n) is 6.10. The normalized spacial score (nSPS) is 21.1. The van der Waals surface area contributed by atoms with Crippen LogP contribution in [0.4, 0.5) is 5.95 Å². The number of benzene rings is 1. The van der Waals surface area contributed by atoms with Crippen LogP contribution >= 0.6 is 0 Å². The van der Waals surface area contributed by atoms with Gasteiger partial charge in [0.2, 0.25) is 5.95 Å². The lowest BCUT2D eigenvalue weighted by atomic mass is 10.0. The van der Waals surface area contributed by atoms with Crippen LogP contribution in [0.1, 0.15) is 18.3 Å². The van der Waals surface area contributed by atoms with Gasteiger partial charge in [0.1, 0.15) is 11.9 Å². The molecule has 0 unspecified atom stereocenters. The first-order chi connectivity index (χ1) is 11.2. The number of para-hydroxylation sites is 2. The maximum Gasteiger partial charge on any atom is 0.203 e. The molecule has 6 heteroatoms. The summed E-state index contributed by atoms with van der Waals surface area (Å²) in [6, 6.07) is 8.18. The molecule has 1 N–H and O–H groups in total. The van der Waals surface area contributed by atoms with E-state index in [1.54, 1.807) is 0 Å². The van der Waals surface area contributed by atoms with E-state index in [-0.39, 0.29) is 6.10 Å². The minimum Gasteiger partial charge on any atom is -0.370 e. The van der Waals surface area contributed by atoms with Crippen LogP contribution in [0.3, 0.4) is 0 Å². The molecule has 120 valence electrons. The molecule has 1 aromatic carbocycles. The summed E-state index contributed by atoms with van der Waals surface area (Å²) in [6.07, 6.45) is 4.88. The highest BCUT2D eigenvalue weighted by Gasteiger charge is 2.32. The fourth-order valence-electron chi connectivity index (χ4n) is 3.31. The van der Waals surface area contributed by atoms with Crippen LogP contribution in [0.25, 0.3) is 11.0 Å². The number of ether oxygens (including phenoxy) is 1. The largest absolute Gasteiger partial charge is 0.370 e. The van der Waals surface area contributed by atoms with Gasteiger partial charge in [-0.15, -0.1) is 0 Å². The standard InChI is InChI=1S/C17H21N5O/c1-21-9-8-18-16(21)15-12(7-10-23-15)11-19-17-20-13-5-3-4-6-14(13)22(17)2/h3-6,8-9,12,15H,7,10-11H2,1-2H3,(H,19,20)/t12-,15+/m0/s1. The third-order valence-corrected chi connectivity index (χ3v) is 4.64. The van der Waals surface area contributed by atoms with Crippen molar-refractivity contribution in [3.05, 3.63) is 42.5 Å². The third-order valence-electron chi connectivity index (χ3n) is 4.64. The quantitative estimate of drug-likeness (QED) is 0.804. The zero-order chi connectivity index (χ0) is 15.8. The Balaban J connectivity index is 1.51. The molecular formula is C17H21N5O. The van der Waals surface area contributed by atoms with E-state index in [2.05, 4.69) is 25.9 Å². The van der Waals surface area contributed by atoms with Gasteiger partial charge in [-0.05, 0) is 18.6 Å². The topological polar surface area (TPSA) is 56.9 Å². The number of hydrogen-bond acceptors (Lipinski definition) is 4. The molecule has 1 fully saturated rings. The van der Waals surface area contributed by atoms with E-state index >= 15 is 0 Å². The Kier molecular flexibility index (Phi) is 3.53. The molecule has 6 nitrogen and oxygen atoms in total. The molecule has 4 rings (SSSR count). The lowest BCUT2D eigenvalue weighted by Gasteiger charge is -2.19. The van der Waals surface area contributed by atoms with Crippen LogP contribution in [0, 0.1) is 5.92 Å². The number of aromatic nitrogens is 4. The van der Waals surface area contributed by atoms with Gasteiger partial charge in [-0.1, -0.05) is 12.1 Å².